The normalized spacial score (nSPS) is 13.2. The van der Waals surface area contributed by atoms with Crippen LogP contribution < -0.4 is 10.2 Å². The third-order valence-electron chi connectivity index (χ3n) is 4.51. The summed E-state index contributed by atoms with van der Waals surface area (Å²) in [6.45, 7) is 0. The van der Waals surface area contributed by atoms with Crippen molar-refractivity contribution in [3.63, 3.8) is 0 Å². The largest absolute Gasteiger partial charge is 0.480 e. The zero-order valence-electron chi connectivity index (χ0n) is 14.9. The van der Waals surface area contributed by atoms with Crippen molar-refractivity contribution in [2.75, 3.05) is 4.90 Å². The molecular formula is C22H18N2O3S. The van der Waals surface area contributed by atoms with E-state index < -0.39 is 18.0 Å². The molecule has 0 aromatic heterocycles. The van der Waals surface area contributed by atoms with Gasteiger partial charge in [-0.2, -0.15) is 0 Å². The molecule has 3 aromatic carbocycles. The van der Waals surface area contributed by atoms with Gasteiger partial charge in [0.05, 0.1) is 11.4 Å². The molecule has 140 valence electrons. The summed E-state index contributed by atoms with van der Waals surface area (Å²) in [6.07, 6.45) is 0.216. The predicted molar refractivity (Wildman–Crippen MR) is 109 cm³/mol. The van der Waals surface area contributed by atoms with Gasteiger partial charge in [-0.15, -0.1) is 0 Å². The lowest BCUT2D eigenvalue weighted by atomic mass is 10.1. The molecule has 0 spiro atoms. The van der Waals surface area contributed by atoms with Gasteiger partial charge in [-0.25, -0.2) is 9.59 Å². The van der Waals surface area contributed by atoms with E-state index in [2.05, 4.69) is 5.32 Å². The minimum Gasteiger partial charge on any atom is -0.480 e. The van der Waals surface area contributed by atoms with Crippen LogP contribution in [0.25, 0.3) is 0 Å². The standard InChI is InChI=1S/C22H18N2O3S/c25-21(26)16(14-15-8-2-1-3-9-15)23-22(27)24-17-10-4-6-12-19(17)28-20-13-7-5-11-18(20)24/h1-13,16H,14H2,(H,23,27)(H,25,26)/t16-/m1/s1. The van der Waals surface area contributed by atoms with E-state index in [1.54, 1.807) is 16.7 Å². The third-order valence-corrected chi connectivity index (χ3v) is 5.64. The fourth-order valence-electron chi connectivity index (χ4n) is 3.19. The van der Waals surface area contributed by atoms with Gasteiger partial charge in [0, 0.05) is 16.2 Å². The molecule has 4 rings (SSSR count). The zero-order chi connectivity index (χ0) is 19.5. The van der Waals surface area contributed by atoms with Crippen molar-refractivity contribution < 1.29 is 14.7 Å². The van der Waals surface area contributed by atoms with E-state index in [0.717, 1.165) is 26.7 Å². The van der Waals surface area contributed by atoms with Gasteiger partial charge in [0.15, 0.2) is 0 Å². The maximum Gasteiger partial charge on any atom is 0.327 e. The van der Waals surface area contributed by atoms with Crippen molar-refractivity contribution in [2.45, 2.75) is 22.3 Å². The zero-order valence-corrected chi connectivity index (χ0v) is 15.7. The number of carboxylic acid groups (broad SMARTS) is 1. The molecule has 1 atom stereocenters. The van der Waals surface area contributed by atoms with Crippen LogP contribution >= 0.6 is 11.8 Å². The molecule has 0 unspecified atom stereocenters. The number of carboxylic acids is 1. The first-order chi connectivity index (χ1) is 13.6. The van der Waals surface area contributed by atoms with Crippen LogP contribution in [0.3, 0.4) is 0 Å². The number of urea groups is 1. The Morgan fingerprint density at radius 1 is 0.857 bits per heavy atom. The summed E-state index contributed by atoms with van der Waals surface area (Å²) in [7, 11) is 0. The van der Waals surface area contributed by atoms with Gasteiger partial charge >= 0.3 is 12.0 Å². The lowest BCUT2D eigenvalue weighted by molar-refractivity contribution is -0.139. The minimum absolute atomic E-state index is 0.216. The van der Waals surface area contributed by atoms with Crippen molar-refractivity contribution in [1.29, 1.82) is 0 Å². The molecule has 5 nitrogen and oxygen atoms in total. The first kappa shape index (κ1) is 18.1. The molecule has 3 aromatic rings. The lowest BCUT2D eigenvalue weighted by Gasteiger charge is -2.31. The van der Waals surface area contributed by atoms with Crippen LogP contribution in [0.5, 0.6) is 0 Å². The molecule has 28 heavy (non-hydrogen) atoms. The summed E-state index contributed by atoms with van der Waals surface area (Å²) in [4.78, 5) is 28.4. The molecule has 0 saturated carbocycles. The summed E-state index contributed by atoms with van der Waals surface area (Å²) in [5.41, 5.74) is 2.34. The Kier molecular flexibility index (Phi) is 5.04. The first-order valence-corrected chi connectivity index (χ1v) is 9.68. The van der Waals surface area contributed by atoms with E-state index in [4.69, 9.17) is 0 Å². The topological polar surface area (TPSA) is 69.6 Å². The van der Waals surface area contributed by atoms with E-state index in [-0.39, 0.29) is 6.42 Å². The number of anilines is 2. The van der Waals surface area contributed by atoms with Gasteiger partial charge in [-0.3, -0.25) is 4.90 Å². The van der Waals surface area contributed by atoms with E-state index in [1.807, 2.05) is 78.9 Å². The predicted octanol–water partition coefficient (Wildman–Crippen LogP) is 4.69. The van der Waals surface area contributed by atoms with Gasteiger partial charge < -0.3 is 10.4 Å². The quantitative estimate of drug-likeness (QED) is 0.678. The number of nitrogens with zero attached hydrogens (tertiary/aromatic N) is 1. The number of carbonyl (C=O) groups is 2. The van der Waals surface area contributed by atoms with E-state index in [1.165, 1.54) is 0 Å². The second-order valence-corrected chi connectivity index (χ2v) is 7.49. The molecular weight excluding hydrogens is 372 g/mol. The number of carbonyl (C=O) groups excluding carboxylic acids is 1. The summed E-state index contributed by atoms with van der Waals surface area (Å²) in [5.74, 6) is -1.06. The molecule has 1 aliphatic rings. The number of amides is 2. The summed E-state index contributed by atoms with van der Waals surface area (Å²) in [5, 5.41) is 12.3. The number of benzene rings is 3. The highest BCUT2D eigenvalue weighted by Crippen LogP contribution is 2.47. The molecule has 2 amide bonds. The summed E-state index contributed by atoms with van der Waals surface area (Å²) < 4.78 is 0. The maximum atomic E-state index is 13.2. The minimum atomic E-state index is -1.06. The van der Waals surface area contributed by atoms with Gasteiger partial charge in [0.25, 0.3) is 0 Å². The maximum absolute atomic E-state index is 13.2. The fraction of sp³-hybridized carbons (Fsp3) is 0.0909. The molecule has 6 heteroatoms. The Balaban J connectivity index is 1.64. The molecule has 0 fully saturated rings. The van der Waals surface area contributed by atoms with Crippen LogP contribution in [-0.2, 0) is 11.2 Å². The highest BCUT2D eigenvalue weighted by atomic mass is 32.2. The van der Waals surface area contributed by atoms with Crippen LogP contribution in [0.2, 0.25) is 0 Å². The highest BCUT2D eigenvalue weighted by molar-refractivity contribution is 7.99. The van der Waals surface area contributed by atoms with Crippen LogP contribution in [0.15, 0.2) is 88.7 Å². The summed E-state index contributed by atoms with van der Waals surface area (Å²) >= 11 is 1.59. The van der Waals surface area contributed by atoms with Gasteiger partial charge in [-0.05, 0) is 29.8 Å². The average Bonchev–Trinajstić information content (AvgIpc) is 2.72. The number of hydrogen-bond acceptors (Lipinski definition) is 3. The summed E-state index contributed by atoms with van der Waals surface area (Å²) in [6, 6.07) is 23.0. The Bertz CT molecular complexity index is 978. The Morgan fingerprint density at radius 3 is 1.96 bits per heavy atom. The van der Waals surface area contributed by atoms with E-state index >= 15 is 0 Å². The number of hydrogen-bond donors (Lipinski definition) is 2. The monoisotopic (exact) mass is 390 g/mol. The van der Waals surface area contributed by atoms with E-state index in [0.29, 0.717) is 0 Å². The van der Waals surface area contributed by atoms with E-state index in [9.17, 15) is 14.7 Å². The Labute approximate surface area is 167 Å². The van der Waals surface area contributed by atoms with Crippen LogP contribution in [0.4, 0.5) is 16.2 Å². The first-order valence-electron chi connectivity index (χ1n) is 8.87. The molecule has 0 radical (unpaired) electrons. The number of nitrogens with one attached hydrogen (secondary N) is 1. The van der Waals surface area contributed by atoms with Crippen LogP contribution in [0.1, 0.15) is 5.56 Å². The van der Waals surface area contributed by atoms with Crippen molar-refractivity contribution >= 4 is 35.1 Å². The molecule has 0 bridgehead atoms. The Hall–Kier alpha value is -3.25. The molecule has 1 aliphatic heterocycles. The van der Waals surface area contributed by atoms with Gasteiger partial charge in [0.1, 0.15) is 6.04 Å². The lowest BCUT2D eigenvalue weighted by Crippen LogP contribution is -2.48. The number of aliphatic carboxylic acids is 1. The smallest absolute Gasteiger partial charge is 0.327 e. The number of rotatable bonds is 4. The van der Waals surface area contributed by atoms with Crippen molar-refractivity contribution in [2.24, 2.45) is 0 Å². The third kappa shape index (κ3) is 3.59. The molecule has 1 heterocycles. The molecule has 2 N–H and O–H groups in total. The average molecular weight is 390 g/mol. The van der Waals surface area contributed by atoms with Crippen molar-refractivity contribution in [3.8, 4) is 0 Å². The van der Waals surface area contributed by atoms with Gasteiger partial charge in [-0.1, -0.05) is 66.4 Å². The van der Waals surface area contributed by atoms with Crippen molar-refractivity contribution in [3.05, 3.63) is 84.4 Å². The van der Waals surface area contributed by atoms with Crippen LogP contribution in [0, 0.1) is 0 Å². The van der Waals surface area contributed by atoms with Crippen LogP contribution in [-0.4, -0.2) is 23.1 Å². The second-order valence-electron chi connectivity index (χ2n) is 6.40. The number of para-hydroxylation sites is 2. The number of fused-ring (bicyclic) bond motifs is 2. The molecule has 0 saturated heterocycles. The van der Waals surface area contributed by atoms with Gasteiger partial charge in [0.2, 0.25) is 0 Å². The fourth-order valence-corrected chi connectivity index (χ4v) is 4.24. The second kappa shape index (κ2) is 7.78. The Morgan fingerprint density at radius 2 is 1.39 bits per heavy atom. The SMILES string of the molecule is O=C(O)[C@@H](Cc1ccccc1)NC(=O)N1c2ccccc2Sc2ccccc21. The van der Waals surface area contributed by atoms with Crippen molar-refractivity contribution in [1.82, 2.24) is 5.32 Å². The highest BCUT2D eigenvalue weighted by Gasteiger charge is 2.30. The molecule has 0 aliphatic carbocycles.